The molecule has 1 atom stereocenters. The van der Waals surface area contributed by atoms with Gasteiger partial charge in [-0.25, -0.2) is 0 Å². The van der Waals surface area contributed by atoms with E-state index in [4.69, 9.17) is 25.8 Å². The number of benzene rings is 1. The van der Waals surface area contributed by atoms with Gasteiger partial charge >= 0.3 is 0 Å². The summed E-state index contributed by atoms with van der Waals surface area (Å²) in [7, 11) is 1.68. The minimum absolute atomic E-state index is 0.156. The third-order valence-corrected chi connectivity index (χ3v) is 5.20. The maximum absolute atomic E-state index is 12.8. The number of carbonyl (C=O) groups excluding carboxylic acids is 1. The van der Waals surface area contributed by atoms with Crippen LogP contribution < -0.4 is 10.1 Å². The van der Waals surface area contributed by atoms with Crippen LogP contribution in [0.25, 0.3) is 0 Å². The van der Waals surface area contributed by atoms with E-state index in [1.807, 2.05) is 27.7 Å². The van der Waals surface area contributed by atoms with Crippen LogP contribution in [-0.2, 0) is 14.3 Å². The van der Waals surface area contributed by atoms with Crippen molar-refractivity contribution in [2.24, 2.45) is 0 Å². The van der Waals surface area contributed by atoms with Crippen LogP contribution in [0.3, 0.4) is 0 Å². The van der Waals surface area contributed by atoms with E-state index in [1.165, 1.54) is 0 Å². The normalized spacial score (nSPS) is 13.8. The first-order valence-electron chi connectivity index (χ1n) is 10.1. The second-order valence-corrected chi connectivity index (χ2v) is 8.19. The van der Waals surface area contributed by atoms with Gasteiger partial charge in [-0.05, 0) is 52.3 Å². The highest BCUT2D eigenvalue weighted by Crippen LogP contribution is 2.29. The molecule has 0 heterocycles. The largest absolute Gasteiger partial charge is 0.492 e. The summed E-state index contributed by atoms with van der Waals surface area (Å²) in [5, 5.41) is 3.38. The molecule has 0 radical (unpaired) electrons. The number of amides is 1. The number of unbranched alkanes of at least 4 members (excludes halogenated alkanes) is 2. The minimum Gasteiger partial charge on any atom is -0.492 e. The van der Waals surface area contributed by atoms with Crippen LogP contribution in [-0.4, -0.2) is 37.4 Å². The number of carbonyl (C=O) groups is 1. The summed E-state index contributed by atoms with van der Waals surface area (Å²) in [6.45, 7) is 10.9. The SMILES string of the molecule is CCCCC[C@@](C)(OCC)C(=O)Nc1ccc(OCCC(C)(C)OC)c(Cl)c1. The van der Waals surface area contributed by atoms with Gasteiger partial charge in [0.1, 0.15) is 11.4 Å². The fourth-order valence-corrected chi connectivity index (χ4v) is 2.99. The highest BCUT2D eigenvalue weighted by atomic mass is 35.5. The molecule has 0 unspecified atom stereocenters. The Kier molecular flexibility index (Phi) is 10.3. The molecular formula is C22H36ClNO4. The Balaban J connectivity index is 2.72. The minimum atomic E-state index is -0.850. The summed E-state index contributed by atoms with van der Waals surface area (Å²) in [5.41, 5.74) is -0.472. The van der Waals surface area contributed by atoms with E-state index < -0.39 is 5.60 Å². The van der Waals surface area contributed by atoms with Crippen molar-refractivity contribution in [2.45, 2.75) is 77.9 Å². The maximum Gasteiger partial charge on any atom is 0.256 e. The highest BCUT2D eigenvalue weighted by Gasteiger charge is 2.33. The number of rotatable bonds is 13. The van der Waals surface area contributed by atoms with Gasteiger partial charge in [0.05, 0.1) is 17.2 Å². The van der Waals surface area contributed by atoms with E-state index in [0.717, 1.165) is 25.7 Å². The quantitative estimate of drug-likeness (QED) is 0.412. The van der Waals surface area contributed by atoms with Crippen LogP contribution in [0.15, 0.2) is 18.2 Å². The third kappa shape index (κ3) is 7.98. The van der Waals surface area contributed by atoms with Crippen molar-refractivity contribution in [3.63, 3.8) is 0 Å². The zero-order chi connectivity index (χ0) is 21.2. The van der Waals surface area contributed by atoms with Gasteiger partial charge in [-0.1, -0.05) is 37.8 Å². The molecular weight excluding hydrogens is 378 g/mol. The molecule has 28 heavy (non-hydrogen) atoms. The Morgan fingerprint density at radius 3 is 2.43 bits per heavy atom. The van der Waals surface area contributed by atoms with Crippen LogP contribution >= 0.6 is 11.6 Å². The number of ether oxygens (including phenoxy) is 3. The van der Waals surface area contributed by atoms with Crippen LogP contribution in [0.4, 0.5) is 5.69 Å². The number of hydrogen-bond donors (Lipinski definition) is 1. The summed E-state index contributed by atoms with van der Waals surface area (Å²) in [6, 6.07) is 5.26. The lowest BCUT2D eigenvalue weighted by atomic mass is 9.96. The van der Waals surface area contributed by atoms with Crippen molar-refractivity contribution < 1.29 is 19.0 Å². The summed E-state index contributed by atoms with van der Waals surface area (Å²) < 4.78 is 16.9. The first-order valence-corrected chi connectivity index (χ1v) is 10.5. The van der Waals surface area contributed by atoms with Crippen LogP contribution in [0.5, 0.6) is 5.75 Å². The van der Waals surface area contributed by atoms with Crippen molar-refractivity contribution in [3.8, 4) is 5.75 Å². The van der Waals surface area contributed by atoms with Gasteiger partial charge in [0.25, 0.3) is 5.91 Å². The summed E-state index contributed by atoms with van der Waals surface area (Å²) in [4.78, 5) is 12.8. The molecule has 0 saturated carbocycles. The van der Waals surface area contributed by atoms with Crippen molar-refractivity contribution in [1.82, 2.24) is 0 Å². The molecule has 1 aromatic carbocycles. The first kappa shape index (κ1) is 24.7. The molecule has 1 rings (SSSR count). The predicted octanol–water partition coefficient (Wildman–Crippen LogP) is 5.85. The molecule has 0 aliphatic carbocycles. The van der Waals surface area contributed by atoms with E-state index in [-0.39, 0.29) is 11.5 Å². The summed E-state index contributed by atoms with van der Waals surface area (Å²) in [5.74, 6) is 0.430. The molecule has 1 aromatic rings. The smallest absolute Gasteiger partial charge is 0.256 e. The Labute approximate surface area is 175 Å². The van der Waals surface area contributed by atoms with Crippen molar-refractivity contribution in [2.75, 3.05) is 25.6 Å². The fraction of sp³-hybridized carbons (Fsp3) is 0.682. The molecule has 0 aliphatic heterocycles. The Hall–Kier alpha value is -1.30. The Morgan fingerprint density at radius 1 is 1.14 bits per heavy atom. The molecule has 6 heteroatoms. The molecule has 0 fully saturated rings. The molecule has 0 bridgehead atoms. The first-order chi connectivity index (χ1) is 13.2. The zero-order valence-electron chi connectivity index (χ0n) is 18.2. The number of nitrogens with one attached hydrogen (secondary N) is 1. The lowest BCUT2D eigenvalue weighted by Crippen LogP contribution is -2.42. The van der Waals surface area contributed by atoms with Gasteiger partial charge in [-0.15, -0.1) is 0 Å². The number of anilines is 1. The molecule has 0 saturated heterocycles. The summed E-state index contributed by atoms with van der Waals surface area (Å²) in [6.07, 6.45) is 4.55. The number of halogens is 1. The fourth-order valence-electron chi connectivity index (χ4n) is 2.75. The average Bonchev–Trinajstić information content (AvgIpc) is 2.64. The zero-order valence-corrected chi connectivity index (χ0v) is 18.9. The molecule has 5 nitrogen and oxygen atoms in total. The van der Waals surface area contributed by atoms with Gasteiger partial charge < -0.3 is 19.5 Å². The monoisotopic (exact) mass is 413 g/mol. The van der Waals surface area contributed by atoms with E-state index in [2.05, 4.69) is 12.2 Å². The van der Waals surface area contributed by atoms with Gasteiger partial charge in [0.2, 0.25) is 0 Å². The molecule has 1 N–H and O–H groups in total. The van der Waals surface area contributed by atoms with E-state index in [9.17, 15) is 4.79 Å². The lowest BCUT2D eigenvalue weighted by molar-refractivity contribution is -0.139. The molecule has 0 spiro atoms. The van der Waals surface area contributed by atoms with Gasteiger partial charge in [0.15, 0.2) is 0 Å². The Morgan fingerprint density at radius 2 is 1.86 bits per heavy atom. The summed E-state index contributed by atoms with van der Waals surface area (Å²) >= 11 is 6.34. The van der Waals surface area contributed by atoms with Gasteiger partial charge in [-0.2, -0.15) is 0 Å². The van der Waals surface area contributed by atoms with Gasteiger partial charge in [-0.3, -0.25) is 4.79 Å². The second kappa shape index (κ2) is 11.6. The van der Waals surface area contributed by atoms with Gasteiger partial charge in [0, 0.05) is 25.8 Å². The molecule has 160 valence electrons. The maximum atomic E-state index is 12.8. The predicted molar refractivity (Wildman–Crippen MR) is 115 cm³/mol. The van der Waals surface area contributed by atoms with Crippen LogP contribution in [0.1, 0.15) is 66.7 Å². The topological polar surface area (TPSA) is 56.8 Å². The van der Waals surface area contributed by atoms with Crippen LogP contribution in [0.2, 0.25) is 5.02 Å². The molecule has 1 amide bonds. The average molecular weight is 414 g/mol. The van der Waals surface area contributed by atoms with Crippen molar-refractivity contribution in [3.05, 3.63) is 23.2 Å². The third-order valence-electron chi connectivity index (χ3n) is 4.90. The van der Waals surface area contributed by atoms with Crippen molar-refractivity contribution >= 4 is 23.2 Å². The number of hydrogen-bond acceptors (Lipinski definition) is 4. The van der Waals surface area contributed by atoms with E-state index in [0.29, 0.717) is 36.1 Å². The number of methoxy groups -OCH3 is 1. The lowest BCUT2D eigenvalue weighted by Gasteiger charge is -2.28. The van der Waals surface area contributed by atoms with Crippen LogP contribution in [0, 0.1) is 0 Å². The van der Waals surface area contributed by atoms with Crippen molar-refractivity contribution in [1.29, 1.82) is 0 Å². The molecule has 0 aliphatic rings. The van der Waals surface area contributed by atoms with E-state index >= 15 is 0 Å². The highest BCUT2D eigenvalue weighted by molar-refractivity contribution is 6.32. The molecule has 0 aromatic heterocycles. The second-order valence-electron chi connectivity index (χ2n) is 7.78. The standard InChI is InChI=1S/C22H36ClNO4/c1-7-9-10-13-22(5,28-8-2)20(25)24-17-11-12-19(18(23)16-17)27-15-14-21(3,4)26-6/h11-12,16H,7-10,13-15H2,1-6H3,(H,24,25)/t22-/m1/s1. The van der Waals surface area contributed by atoms with E-state index in [1.54, 1.807) is 25.3 Å². The Bertz CT molecular complexity index is 621.